The summed E-state index contributed by atoms with van der Waals surface area (Å²) in [5.74, 6) is 1.51. The first-order chi connectivity index (χ1) is 7.58. The highest BCUT2D eigenvalue weighted by Crippen LogP contribution is 2.29. The van der Waals surface area contributed by atoms with Gasteiger partial charge in [0, 0.05) is 17.7 Å². The summed E-state index contributed by atoms with van der Waals surface area (Å²) in [6, 6.07) is 5.58. The Balaban J connectivity index is 3.04. The summed E-state index contributed by atoms with van der Waals surface area (Å²) in [6.45, 7) is 7.54. The van der Waals surface area contributed by atoms with Crippen molar-refractivity contribution in [2.45, 2.75) is 26.0 Å². The average molecular weight is 221 g/mol. The van der Waals surface area contributed by atoms with Crippen LogP contribution in [0.25, 0.3) is 0 Å². The Morgan fingerprint density at radius 1 is 1.38 bits per heavy atom. The second kappa shape index (κ2) is 5.56. The van der Waals surface area contributed by atoms with Crippen LogP contribution in [0.5, 0.6) is 11.5 Å². The predicted molar refractivity (Wildman–Crippen MR) is 65.9 cm³/mol. The lowest BCUT2D eigenvalue weighted by atomic mass is 10.1. The molecule has 2 atom stereocenters. The molecule has 2 N–H and O–H groups in total. The van der Waals surface area contributed by atoms with E-state index in [-0.39, 0.29) is 12.1 Å². The van der Waals surface area contributed by atoms with Crippen molar-refractivity contribution >= 4 is 0 Å². The van der Waals surface area contributed by atoms with E-state index >= 15 is 0 Å². The second-order valence-electron chi connectivity index (χ2n) is 3.75. The molecule has 0 aromatic heterocycles. The van der Waals surface area contributed by atoms with E-state index in [1.165, 1.54) is 0 Å². The standard InChI is InChI=1S/C13H19NO2/c1-5-9(2)16-13-8-11(15-4)6-7-12(13)10(3)14/h5-10H,1,14H2,2-4H3/t9?,10-/m1/s1. The first-order valence-corrected chi connectivity index (χ1v) is 5.31. The van der Waals surface area contributed by atoms with Crippen LogP contribution in [0, 0.1) is 0 Å². The van der Waals surface area contributed by atoms with E-state index in [2.05, 4.69) is 6.58 Å². The van der Waals surface area contributed by atoms with Crippen molar-refractivity contribution in [1.82, 2.24) is 0 Å². The van der Waals surface area contributed by atoms with E-state index in [0.29, 0.717) is 0 Å². The summed E-state index contributed by atoms with van der Waals surface area (Å²) in [6.07, 6.45) is 1.69. The maximum atomic E-state index is 5.88. The van der Waals surface area contributed by atoms with Crippen LogP contribution in [0.2, 0.25) is 0 Å². The zero-order chi connectivity index (χ0) is 12.1. The van der Waals surface area contributed by atoms with Crippen LogP contribution >= 0.6 is 0 Å². The molecule has 0 aliphatic heterocycles. The Kier molecular flexibility index (Phi) is 4.38. The van der Waals surface area contributed by atoms with Gasteiger partial charge in [0.25, 0.3) is 0 Å². The van der Waals surface area contributed by atoms with Gasteiger partial charge in [-0.15, -0.1) is 0 Å². The van der Waals surface area contributed by atoms with Gasteiger partial charge < -0.3 is 15.2 Å². The minimum Gasteiger partial charge on any atom is -0.497 e. The number of hydrogen-bond acceptors (Lipinski definition) is 3. The van der Waals surface area contributed by atoms with Crippen molar-refractivity contribution in [2.75, 3.05) is 7.11 Å². The Morgan fingerprint density at radius 2 is 2.06 bits per heavy atom. The maximum Gasteiger partial charge on any atom is 0.128 e. The minimum absolute atomic E-state index is 0.0513. The van der Waals surface area contributed by atoms with E-state index in [0.717, 1.165) is 17.1 Å². The highest BCUT2D eigenvalue weighted by molar-refractivity contribution is 5.42. The third-order valence-electron chi connectivity index (χ3n) is 2.36. The van der Waals surface area contributed by atoms with Crippen molar-refractivity contribution in [3.63, 3.8) is 0 Å². The van der Waals surface area contributed by atoms with Crippen LogP contribution in [0.4, 0.5) is 0 Å². The van der Waals surface area contributed by atoms with Crippen LogP contribution in [-0.4, -0.2) is 13.2 Å². The molecule has 1 unspecified atom stereocenters. The van der Waals surface area contributed by atoms with Crippen LogP contribution in [0.15, 0.2) is 30.9 Å². The lowest BCUT2D eigenvalue weighted by molar-refractivity contribution is 0.264. The molecule has 0 aliphatic rings. The quantitative estimate of drug-likeness (QED) is 0.777. The maximum absolute atomic E-state index is 5.88. The number of rotatable bonds is 5. The topological polar surface area (TPSA) is 44.5 Å². The first kappa shape index (κ1) is 12.6. The van der Waals surface area contributed by atoms with Crippen LogP contribution in [-0.2, 0) is 0 Å². The fraction of sp³-hybridized carbons (Fsp3) is 0.385. The van der Waals surface area contributed by atoms with E-state index < -0.39 is 0 Å². The molecular formula is C13H19NO2. The molecule has 0 saturated carbocycles. The molecule has 0 bridgehead atoms. The molecule has 3 nitrogen and oxygen atoms in total. The average Bonchev–Trinajstić information content (AvgIpc) is 2.28. The van der Waals surface area contributed by atoms with E-state index in [1.807, 2.05) is 32.0 Å². The summed E-state index contributed by atoms with van der Waals surface area (Å²) in [5.41, 5.74) is 6.84. The lowest BCUT2D eigenvalue weighted by Crippen LogP contribution is -2.13. The molecule has 1 aromatic rings. The fourth-order valence-electron chi connectivity index (χ4n) is 1.37. The van der Waals surface area contributed by atoms with Gasteiger partial charge in [0.1, 0.15) is 17.6 Å². The van der Waals surface area contributed by atoms with Crippen LogP contribution in [0.3, 0.4) is 0 Å². The molecule has 0 amide bonds. The minimum atomic E-state index is -0.0714. The fourth-order valence-corrected chi connectivity index (χ4v) is 1.37. The number of nitrogens with two attached hydrogens (primary N) is 1. The van der Waals surface area contributed by atoms with Gasteiger partial charge in [-0.1, -0.05) is 18.7 Å². The number of methoxy groups -OCH3 is 1. The van der Waals surface area contributed by atoms with Gasteiger partial charge in [0.2, 0.25) is 0 Å². The molecule has 1 rings (SSSR count). The van der Waals surface area contributed by atoms with Gasteiger partial charge in [0.15, 0.2) is 0 Å². The molecule has 0 fully saturated rings. The molecule has 88 valence electrons. The van der Waals surface area contributed by atoms with Gasteiger partial charge >= 0.3 is 0 Å². The molecule has 16 heavy (non-hydrogen) atoms. The number of ether oxygens (including phenoxy) is 2. The zero-order valence-electron chi connectivity index (χ0n) is 10.1. The van der Waals surface area contributed by atoms with E-state index in [9.17, 15) is 0 Å². The van der Waals surface area contributed by atoms with E-state index in [4.69, 9.17) is 15.2 Å². The molecule has 1 aromatic carbocycles. The highest BCUT2D eigenvalue weighted by atomic mass is 16.5. The molecule has 3 heteroatoms. The Bertz CT molecular complexity index is 361. The number of benzene rings is 1. The largest absolute Gasteiger partial charge is 0.497 e. The Hall–Kier alpha value is -1.48. The molecule has 0 saturated heterocycles. The predicted octanol–water partition coefficient (Wildman–Crippen LogP) is 2.67. The van der Waals surface area contributed by atoms with Gasteiger partial charge in [-0.05, 0) is 19.9 Å². The Labute approximate surface area is 96.9 Å². The van der Waals surface area contributed by atoms with Gasteiger partial charge in [-0.25, -0.2) is 0 Å². The molecule has 0 heterocycles. The van der Waals surface area contributed by atoms with Crippen LogP contribution in [0.1, 0.15) is 25.5 Å². The third-order valence-corrected chi connectivity index (χ3v) is 2.36. The van der Waals surface area contributed by atoms with Crippen molar-refractivity contribution in [1.29, 1.82) is 0 Å². The van der Waals surface area contributed by atoms with Crippen LogP contribution < -0.4 is 15.2 Å². The smallest absolute Gasteiger partial charge is 0.128 e. The van der Waals surface area contributed by atoms with Crippen molar-refractivity contribution in [3.05, 3.63) is 36.4 Å². The summed E-state index contributed by atoms with van der Waals surface area (Å²) in [5, 5.41) is 0. The third kappa shape index (κ3) is 3.00. The summed E-state index contributed by atoms with van der Waals surface area (Å²) in [7, 11) is 1.63. The van der Waals surface area contributed by atoms with Crippen molar-refractivity contribution in [2.24, 2.45) is 5.73 Å². The molecule has 0 aliphatic carbocycles. The van der Waals surface area contributed by atoms with Gasteiger partial charge in [-0.3, -0.25) is 0 Å². The summed E-state index contributed by atoms with van der Waals surface area (Å²) < 4.78 is 10.9. The number of hydrogen-bond donors (Lipinski definition) is 1. The van der Waals surface area contributed by atoms with Crippen molar-refractivity contribution in [3.8, 4) is 11.5 Å². The molecule has 0 radical (unpaired) electrons. The summed E-state index contributed by atoms with van der Waals surface area (Å²) in [4.78, 5) is 0. The highest BCUT2D eigenvalue weighted by Gasteiger charge is 2.11. The monoisotopic (exact) mass is 221 g/mol. The normalized spacial score (nSPS) is 14.0. The SMILES string of the molecule is C=CC(C)Oc1cc(OC)ccc1[C@@H](C)N. The van der Waals surface area contributed by atoms with Gasteiger partial charge in [0.05, 0.1) is 7.11 Å². The molecule has 0 spiro atoms. The lowest BCUT2D eigenvalue weighted by Gasteiger charge is -2.17. The second-order valence-corrected chi connectivity index (χ2v) is 3.75. The van der Waals surface area contributed by atoms with E-state index in [1.54, 1.807) is 13.2 Å². The summed E-state index contributed by atoms with van der Waals surface area (Å²) >= 11 is 0. The Morgan fingerprint density at radius 3 is 2.56 bits per heavy atom. The van der Waals surface area contributed by atoms with Crippen molar-refractivity contribution < 1.29 is 9.47 Å². The zero-order valence-corrected chi connectivity index (χ0v) is 10.1. The molecular weight excluding hydrogens is 202 g/mol. The van der Waals surface area contributed by atoms with Gasteiger partial charge in [-0.2, -0.15) is 0 Å². The first-order valence-electron chi connectivity index (χ1n) is 5.31.